The quantitative estimate of drug-likeness (QED) is 0.886. The van der Waals surface area contributed by atoms with Crippen molar-refractivity contribution in [1.29, 1.82) is 0 Å². The largest absolute Gasteiger partial charge is 0.490 e. The Balaban J connectivity index is 2.12. The van der Waals surface area contributed by atoms with E-state index in [1.54, 1.807) is 0 Å². The molecule has 0 unspecified atom stereocenters. The van der Waals surface area contributed by atoms with Crippen LogP contribution in [0, 0.1) is 5.41 Å². The van der Waals surface area contributed by atoms with Crippen molar-refractivity contribution in [1.82, 2.24) is 0 Å². The molecule has 0 aromatic heterocycles. The molecule has 5 heteroatoms. The lowest BCUT2D eigenvalue weighted by Gasteiger charge is -2.18. The number of benzene rings is 1. The first kappa shape index (κ1) is 14.4. The lowest BCUT2D eigenvalue weighted by molar-refractivity contribution is -0.137. The zero-order valence-corrected chi connectivity index (χ0v) is 11.7. The van der Waals surface area contributed by atoms with Crippen molar-refractivity contribution in [3.8, 4) is 5.75 Å². The molecule has 108 valence electrons. The maximum Gasteiger partial charge on any atom is 0.303 e. The van der Waals surface area contributed by atoms with E-state index < -0.39 is 11.4 Å². The van der Waals surface area contributed by atoms with E-state index in [1.807, 2.05) is 32.0 Å². The minimum absolute atomic E-state index is 0.0704. The lowest BCUT2D eigenvalue weighted by atomic mass is 9.94. The van der Waals surface area contributed by atoms with Gasteiger partial charge in [0.25, 0.3) is 0 Å². The molecule has 2 N–H and O–H groups in total. The van der Waals surface area contributed by atoms with Gasteiger partial charge in [-0.05, 0) is 44.4 Å². The van der Waals surface area contributed by atoms with Crippen LogP contribution in [0.5, 0.6) is 5.75 Å². The number of ether oxygens (including phenoxy) is 1. The number of carbonyl (C=O) groups is 2. The molecule has 1 aromatic rings. The predicted octanol–water partition coefficient (Wildman–Crippen LogP) is 2.45. The third-order valence-electron chi connectivity index (χ3n) is 3.35. The number of nitrogens with one attached hydrogen (secondary N) is 1. The Morgan fingerprint density at radius 3 is 2.90 bits per heavy atom. The number of carbonyl (C=O) groups excluding carboxylic acids is 1. The van der Waals surface area contributed by atoms with Crippen molar-refractivity contribution in [2.45, 2.75) is 33.1 Å². The third-order valence-corrected chi connectivity index (χ3v) is 3.35. The first-order valence-corrected chi connectivity index (χ1v) is 6.67. The minimum atomic E-state index is -0.793. The van der Waals surface area contributed by atoms with Gasteiger partial charge in [0, 0.05) is 6.42 Å². The molecule has 0 aliphatic carbocycles. The van der Waals surface area contributed by atoms with Crippen molar-refractivity contribution in [2.75, 3.05) is 11.9 Å². The van der Waals surface area contributed by atoms with Gasteiger partial charge >= 0.3 is 5.97 Å². The highest BCUT2D eigenvalue weighted by molar-refractivity contribution is 5.97. The molecule has 2 rings (SSSR count). The molecule has 0 saturated heterocycles. The van der Waals surface area contributed by atoms with E-state index in [2.05, 4.69) is 5.32 Å². The monoisotopic (exact) mass is 277 g/mol. The number of hydrogen-bond donors (Lipinski definition) is 2. The number of carboxylic acids is 1. The van der Waals surface area contributed by atoms with E-state index in [0.29, 0.717) is 30.9 Å². The first-order chi connectivity index (χ1) is 9.38. The molecule has 1 aliphatic heterocycles. The Hall–Kier alpha value is -2.04. The van der Waals surface area contributed by atoms with Gasteiger partial charge in [-0.25, -0.2) is 0 Å². The molecule has 0 spiro atoms. The summed E-state index contributed by atoms with van der Waals surface area (Å²) in [6.07, 6.45) is 1.39. The van der Waals surface area contributed by atoms with Crippen molar-refractivity contribution in [3.05, 3.63) is 23.8 Å². The average Bonchev–Trinajstić information content (AvgIpc) is 2.47. The Labute approximate surface area is 117 Å². The minimum Gasteiger partial charge on any atom is -0.490 e. The number of rotatable bonds is 4. The Kier molecular flexibility index (Phi) is 3.97. The molecule has 5 nitrogen and oxygen atoms in total. The second-order valence-electron chi connectivity index (χ2n) is 5.70. The van der Waals surface area contributed by atoms with Gasteiger partial charge in [0.2, 0.25) is 5.91 Å². The number of anilines is 1. The SMILES string of the molecule is CC1(C)COc2ccc(CCCC(=O)O)cc2NC1=O. The lowest BCUT2D eigenvalue weighted by Crippen LogP contribution is -2.33. The molecule has 1 aliphatic rings. The summed E-state index contributed by atoms with van der Waals surface area (Å²) in [4.78, 5) is 22.5. The highest BCUT2D eigenvalue weighted by Gasteiger charge is 2.32. The number of hydrogen-bond acceptors (Lipinski definition) is 3. The normalized spacial score (nSPS) is 16.6. The van der Waals surface area contributed by atoms with Gasteiger partial charge in [-0.3, -0.25) is 9.59 Å². The van der Waals surface area contributed by atoms with Crippen LogP contribution in [0.15, 0.2) is 18.2 Å². The summed E-state index contributed by atoms with van der Waals surface area (Å²) in [5.74, 6) is -0.206. The fourth-order valence-electron chi connectivity index (χ4n) is 2.02. The maximum absolute atomic E-state index is 12.0. The average molecular weight is 277 g/mol. The zero-order valence-electron chi connectivity index (χ0n) is 11.7. The standard InChI is InChI=1S/C15H19NO4/c1-15(2)9-20-12-7-6-10(4-3-5-13(17)18)8-11(12)16-14(15)19/h6-8H,3-5,9H2,1-2H3,(H,16,19)(H,17,18). The van der Waals surface area contributed by atoms with Gasteiger partial charge in [-0.2, -0.15) is 0 Å². The van der Waals surface area contributed by atoms with Crippen molar-refractivity contribution < 1.29 is 19.4 Å². The summed E-state index contributed by atoms with van der Waals surface area (Å²) in [6, 6.07) is 5.59. The van der Waals surface area contributed by atoms with E-state index in [4.69, 9.17) is 9.84 Å². The number of aryl methyl sites for hydroxylation is 1. The molecular formula is C15H19NO4. The van der Waals surface area contributed by atoms with Crippen LogP contribution in [-0.2, 0) is 16.0 Å². The summed E-state index contributed by atoms with van der Waals surface area (Å²) >= 11 is 0. The topological polar surface area (TPSA) is 75.6 Å². The molecule has 0 fully saturated rings. The molecule has 0 bridgehead atoms. The van der Waals surface area contributed by atoms with Crippen LogP contribution in [0.25, 0.3) is 0 Å². The van der Waals surface area contributed by atoms with Gasteiger partial charge in [0.1, 0.15) is 12.4 Å². The van der Waals surface area contributed by atoms with Crippen LogP contribution < -0.4 is 10.1 Å². The molecule has 1 aromatic carbocycles. The Bertz CT molecular complexity index is 537. The molecule has 0 saturated carbocycles. The van der Waals surface area contributed by atoms with Crippen LogP contribution in [0.1, 0.15) is 32.3 Å². The van der Waals surface area contributed by atoms with Gasteiger partial charge in [-0.15, -0.1) is 0 Å². The fourth-order valence-corrected chi connectivity index (χ4v) is 2.02. The van der Waals surface area contributed by atoms with Crippen molar-refractivity contribution >= 4 is 17.6 Å². The Morgan fingerprint density at radius 1 is 1.45 bits per heavy atom. The Morgan fingerprint density at radius 2 is 2.20 bits per heavy atom. The molecule has 0 radical (unpaired) electrons. The van der Waals surface area contributed by atoms with E-state index in [-0.39, 0.29) is 12.3 Å². The van der Waals surface area contributed by atoms with E-state index in [9.17, 15) is 9.59 Å². The summed E-state index contributed by atoms with van der Waals surface area (Å²) in [5.41, 5.74) is 1.09. The summed E-state index contributed by atoms with van der Waals surface area (Å²) < 4.78 is 5.65. The number of fused-ring (bicyclic) bond motifs is 1. The fraction of sp³-hybridized carbons (Fsp3) is 0.467. The van der Waals surface area contributed by atoms with Gasteiger partial charge in [0.05, 0.1) is 11.1 Å². The highest BCUT2D eigenvalue weighted by atomic mass is 16.5. The van der Waals surface area contributed by atoms with Gasteiger partial charge in [0.15, 0.2) is 0 Å². The number of aliphatic carboxylic acids is 1. The van der Waals surface area contributed by atoms with Crippen LogP contribution in [-0.4, -0.2) is 23.6 Å². The van der Waals surface area contributed by atoms with E-state index >= 15 is 0 Å². The third kappa shape index (κ3) is 3.29. The van der Waals surface area contributed by atoms with Crippen LogP contribution in [0.4, 0.5) is 5.69 Å². The van der Waals surface area contributed by atoms with Crippen LogP contribution in [0.2, 0.25) is 0 Å². The smallest absolute Gasteiger partial charge is 0.303 e. The van der Waals surface area contributed by atoms with Crippen LogP contribution in [0.3, 0.4) is 0 Å². The molecule has 0 atom stereocenters. The number of carboxylic acid groups (broad SMARTS) is 1. The second kappa shape index (κ2) is 5.53. The number of amides is 1. The van der Waals surface area contributed by atoms with Gasteiger partial charge in [-0.1, -0.05) is 6.07 Å². The summed E-state index contributed by atoms with van der Waals surface area (Å²) in [7, 11) is 0. The van der Waals surface area contributed by atoms with Crippen molar-refractivity contribution in [3.63, 3.8) is 0 Å². The van der Waals surface area contributed by atoms with Gasteiger partial charge < -0.3 is 15.2 Å². The van der Waals surface area contributed by atoms with Crippen molar-refractivity contribution in [2.24, 2.45) is 5.41 Å². The second-order valence-corrected chi connectivity index (χ2v) is 5.70. The predicted molar refractivity (Wildman–Crippen MR) is 74.9 cm³/mol. The van der Waals surface area contributed by atoms with Crippen LogP contribution >= 0.6 is 0 Å². The molecule has 20 heavy (non-hydrogen) atoms. The first-order valence-electron chi connectivity index (χ1n) is 6.67. The van der Waals surface area contributed by atoms with E-state index in [0.717, 1.165) is 5.56 Å². The summed E-state index contributed by atoms with van der Waals surface area (Å²) in [6.45, 7) is 4.01. The molecular weight excluding hydrogens is 258 g/mol. The maximum atomic E-state index is 12.0. The summed E-state index contributed by atoms with van der Waals surface area (Å²) in [5, 5.41) is 11.5. The molecule has 1 heterocycles. The highest BCUT2D eigenvalue weighted by Crippen LogP contribution is 2.33. The molecule has 1 amide bonds. The zero-order chi connectivity index (χ0) is 14.8. The van der Waals surface area contributed by atoms with E-state index in [1.165, 1.54) is 0 Å².